The molecule has 14 nitrogen and oxygen atoms in total. The van der Waals surface area contributed by atoms with Gasteiger partial charge < -0.3 is 29.9 Å². The molecule has 2 fully saturated rings. The van der Waals surface area contributed by atoms with E-state index in [4.69, 9.17) is 9.47 Å². The molecule has 3 aliphatic heterocycles. The van der Waals surface area contributed by atoms with Crippen LogP contribution in [-0.2, 0) is 46.8 Å². The van der Waals surface area contributed by atoms with E-state index in [2.05, 4.69) is 15.4 Å². The van der Waals surface area contributed by atoms with Gasteiger partial charge in [-0.3, -0.25) is 19.1 Å². The summed E-state index contributed by atoms with van der Waals surface area (Å²) in [5, 5.41) is 5.52. The Morgan fingerprint density at radius 1 is 1.08 bits per heavy atom. The fourth-order valence-corrected chi connectivity index (χ4v) is 8.34. The first kappa shape index (κ1) is 39.1. The zero-order valence-electron chi connectivity index (χ0n) is 30.6. The van der Waals surface area contributed by atoms with Gasteiger partial charge >= 0.3 is 12.2 Å². The van der Waals surface area contributed by atoms with E-state index in [0.717, 1.165) is 24.0 Å². The molecule has 15 heteroatoms. The van der Waals surface area contributed by atoms with Crippen molar-refractivity contribution in [1.82, 2.24) is 25.2 Å². The van der Waals surface area contributed by atoms with Crippen molar-refractivity contribution in [2.75, 3.05) is 18.8 Å². The molecule has 0 spiro atoms. The van der Waals surface area contributed by atoms with Crippen LogP contribution >= 0.6 is 0 Å². The lowest BCUT2D eigenvalue weighted by Crippen LogP contribution is -2.58. The number of hydrogen-bond donors (Lipinski definition) is 3. The van der Waals surface area contributed by atoms with Gasteiger partial charge in [0.2, 0.25) is 21.8 Å². The first-order valence-electron chi connectivity index (χ1n) is 18.5. The molecule has 1 aromatic carbocycles. The predicted molar refractivity (Wildman–Crippen MR) is 192 cm³/mol. The molecule has 0 aromatic heterocycles. The number of nitrogens with zero attached hydrogens (tertiary/aromatic N) is 2. The molecule has 1 saturated carbocycles. The molecule has 5 amide bonds. The molecule has 4 aliphatic rings. The summed E-state index contributed by atoms with van der Waals surface area (Å²) in [6.07, 6.45) is 6.42. The predicted octanol–water partition coefficient (Wildman–Crippen LogP) is 3.69. The maximum absolute atomic E-state index is 14.3. The van der Waals surface area contributed by atoms with Crippen LogP contribution in [0.15, 0.2) is 36.4 Å². The van der Waals surface area contributed by atoms with E-state index >= 15 is 0 Å². The largest absolute Gasteiger partial charge is 0.444 e. The number of alkyl carbamates (subject to hydrolysis) is 1. The van der Waals surface area contributed by atoms with Gasteiger partial charge in [0.1, 0.15) is 29.3 Å². The second-order valence-corrected chi connectivity index (χ2v) is 17.2. The average molecular weight is 744 g/mol. The molecular formula is C37H53N5O9S. The van der Waals surface area contributed by atoms with E-state index in [1.54, 1.807) is 25.7 Å². The van der Waals surface area contributed by atoms with Crippen molar-refractivity contribution in [3.05, 3.63) is 47.5 Å². The summed E-state index contributed by atoms with van der Waals surface area (Å²) in [6, 6.07) is 5.65. The summed E-state index contributed by atoms with van der Waals surface area (Å²) in [5.41, 5.74) is -0.174. The number of rotatable bonds is 7. The second kappa shape index (κ2) is 16.3. The molecule has 3 heterocycles. The highest BCUT2D eigenvalue weighted by atomic mass is 32.2. The van der Waals surface area contributed by atoms with E-state index in [9.17, 15) is 32.4 Å². The van der Waals surface area contributed by atoms with Gasteiger partial charge in [-0.15, -0.1) is 0 Å². The molecule has 3 N–H and O–H groups in total. The SMILES string of the molecule is CCCCS(=O)(=O)NC(=O)[C@@]12C[C@H]1/C=C/CCCCC[C@H](NC(=O)OC(C)(C)C)C(=O)N1C[C@H](OC(=O)N3CCc4ccccc4C3)C[C@H]1C(=O)N2. The summed E-state index contributed by atoms with van der Waals surface area (Å²) in [7, 11) is -3.95. The molecule has 5 rings (SSSR count). The van der Waals surface area contributed by atoms with Gasteiger partial charge in [-0.1, -0.05) is 62.6 Å². The third-order valence-corrected chi connectivity index (χ3v) is 11.3. The van der Waals surface area contributed by atoms with E-state index in [-0.39, 0.29) is 31.6 Å². The van der Waals surface area contributed by atoms with Crippen LogP contribution in [0.3, 0.4) is 0 Å². The Morgan fingerprint density at radius 3 is 2.56 bits per heavy atom. The van der Waals surface area contributed by atoms with Crippen molar-refractivity contribution in [2.45, 2.75) is 128 Å². The molecule has 52 heavy (non-hydrogen) atoms. The Balaban J connectivity index is 1.40. The van der Waals surface area contributed by atoms with E-state index in [0.29, 0.717) is 45.2 Å². The number of allylic oxidation sites excluding steroid dienone is 1. The second-order valence-electron chi connectivity index (χ2n) is 15.3. The van der Waals surface area contributed by atoms with E-state index in [1.165, 1.54) is 4.90 Å². The van der Waals surface area contributed by atoms with Crippen molar-refractivity contribution < 1.29 is 41.9 Å². The van der Waals surface area contributed by atoms with Crippen LogP contribution in [0.4, 0.5) is 9.59 Å². The maximum atomic E-state index is 14.3. The van der Waals surface area contributed by atoms with Crippen molar-refractivity contribution in [2.24, 2.45) is 5.92 Å². The molecule has 0 radical (unpaired) electrons. The minimum Gasteiger partial charge on any atom is -0.444 e. The summed E-state index contributed by atoms with van der Waals surface area (Å²) in [4.78, 5) is 71.4. The Morgan fingerprint density at radius 2 is 1.83 bits per heavy atom. The summed E-state index contributed by atoms with van der Waals surface area (Å²) >= 11 is 0. The van der Waals surface area contributed by atoms with Gasteiger partial charge in [0.05, 0.1) is 12.3 Å². The minimum absolute atomic E-state index is 0.0557. The van der Waals surface area contributed by atoms with Crippen molar-refractivity contribution in [1.29, 1.82) is 0 Å². The van der Waals surface area contributed by atoms with Crippen LogP contribution in [0.2, 0.25) is 0 Å². The Labute approximate surface area is 306 Å². The first-order valence-corrected chi connectivity index (χ1v) is 20.1. The third-order valence-electron chi connectivity index (χ3n) is 10.0. The number of hydrogen-bond acceptors (Lipinski definition) is 9. The number of sulfonamides is 1. The van der Waals surface area contributed by atoms with Crippen molar-refractivity contribution >= 4 is 39.9 Å². The Hall–Kier alpha value is -4.14. The lowest BCUT2D eigenvalue weighted by Gasteiger charge is -2.30. The number of unbranched alkanes of at least 4 members (excludes halogenated alkanes) is 1. The molecule has 286 valence electrons. The van der Waals surface area contributed by atoms with Crippen LogP contribution in [0.5, 0.6) is 0 Å². The summed E-state index contributed by atoms with van der Waals surface area (Å²) in [6.45, 7) is 7.68. The fraction of sp³-hybridized carbons (Fsp3) is 0.649. The quantitative estimate of drug-likeness (QED) is 0.351. The molecule has 1 aliphatic carbocycles. The van der Waals surface area contributed by atoms with E-state index < -0.39 is 75.2 Å². The van der Waals surface area contributed by atoms with Crippen LogP contribution in [0, 0.1) is 5.92 Å². The molecule has 1 aromatic rings. The van der Waals surface area contributed by atoms with Crippen LogP contribution < -0.4 is 15.4 Å². The number of fused-ring (bicyclic) bond motifs is 3. The monoisotopic (exact) mass is 743 g/mol. The summed E-state index contributed by atoms with van der Waals surface area (Å²) in [5.74, 6) is -2.73. The van der Waals surface area contributed by atoms with Gasteiger partial charge in [0.15, 0.2) is 0 Å². The van der Waals surface area contributed by atoms with Gasteiger partial charge in [0, 0.05) is 25.4 Å². The normalized spacial score (nSPS) is 27.4. The Bertz CT molecular complexity index is 1660. The van der Waals surface area contributed by atoms with Gasteiger partial charge in [-0.25, -0.2) is 18.0 Å². The number of carbonyl (C=O) groups excluding carboxylic acids is 5. The molecule has 0 bridgehead atoms. The zero-order valence-corrected chi connectivity index (χ0v) is 31.5. The zero-order chi connectivity index (χ0) is 37.7. The standard InChI is InChI=1S/C37H53N5O9S/c1-5-6-20-52(48,49)40-33(45)37-22-27(37)16-10-8-7-9-11-17-29(38-34(46)51-36(2,3)4)32(44)42-24-28(21-30(42)31(43)39-37)50-35(47)41-19-18-25-14-12-13-15-26(25)23-41/h10,12-16,27-30H,5-9,11,17-24H2,1-4H3,(H,38,46)(H,39,43)(H,40,45)/b16-10+/t27-,28-,29+,30+,37-/m1/s1. The molecule has 5 atom stereocenters. The molecular weight excluding hydrogens is 690 g/mol. The van der Waals surface area contributed by atoms with Gasteiger partial charge in [0.25, 0.3) is 5.91 Å². The average Bonchev–Trinajstić information content (AvgIpc) is 3.61. The fourth-order valence-electron chi connectivity index (χ4n) is 7.10. The number of nitrogens with one attached hydrogen (secondary N) is 3. The lowest BCUT2D eigenvalue weighted by atomic mass is 10.0. The van der Waals surface area contributed by atoms with Gasteiger partial charge in [-0.05, 0) is 70.4 Å². The van der Waals surface area contributed by atoms with Crippen molar-refractivity contribution in [3.8, 4) is 0 Å². The van der Waals surface area contributed by atoms with Gasteiger partial charge in [-0.2, -0.15) is 0 Å². The Kier molecular flexibility index (Phi) is 12.2. The number of carbonyl (C=O) groups is 5. The van der Waals surface area contributed by atoms with E-state index in [1.807, 2.05) is 43.3 Å². The third kappa shape index (κ3) is 9.84. The highest BCUT2D eigenvalue weighted by Gasteiger charge is 2.61. The smallest absolute Gasteiger partial charge is 0.410 e. The maximum Gasteiger partial charge on any atom is 0.410 e. The topological polar surface area (TPSA) is 181 Å². The first-order chi connectivity index (χ1) is 24.6. The minimum atomic E-state index is -3.95. The number of ether oxygens (including phenoxy) is 2. The highest BCUT2D eigenvalue weighted by molar-refractivity contribution is 7.90. The number of benzene rings is 1. The lowest BCUT2D eigenvalue weighted by molar-refractivity contribution is -0.141. The highest BCUT2D eigenvalue weighted by Crippen LogP contribution is 2.45. The van der Waals surface area contributed by atoms with Crippen molar-refractivity contribution in [3.63, 3.8) is 0 Å². The van der Waals surface area contributed by atoms with Crippen LogP contribution in [-0.4, -0.2) is 96.3 Å². The molecule has 1 saturated heterocycles. The number of amides is 5. The summed E-state index contributed by atoms with van der Waals surface area (Å²) < 4.78 is 39.1. The van der Waals surface area contributed by atoms with Crippen LogP contribution in [0.25, 0.3) is 0 Å². The van der Waals surface area contributed by atoms with Crippen LogP contribution in [0.1, 0.15) is 96.6 Å². The molecule has 0 unspecified atom stereocenters.